The number of nitrogens with one attached hydrogen (secondary N) is 1. The molecule has 0 bridgehead atoms. The van der Waals surface area contributed by atoms with Gasteiger partial charge in [0.05, 0.1) is 12.0 Å². The summed E-state index contributed by atoms with van der Waals surface area (Å²) >= 11 is 0. The molecule has 3 heterocycles. The van der Waals surface area contributed by atoms with E-state index in [2.05, 4.69) is 20.3 Å². The molecule has 1 N–H and O–H groups in total. The summed E-state index contributed by atoms with van der Waals surface area (Å²) in [7, 11) is 0. The summed E-state index contributed by atoms with van der Waals surface area (Å²) in [6.45, 7) is 0.609. The second kappa shape index (κ2) is 6.32. The van der Waals surface area contributed by atoms with E-state index in [1.54, 1.807) is 4.57 Å². The Hall–Kier alpha value is -2.68. The smallest absolute Gasteiger partial charge is 0.312 e. The van der Waals surface area contributed by atoms with Crippen LogP contribution in [-0.4, -0.2) is 26.1 Å². The number of fused-ring (bicyclic) bond motifs is 1. The van der Waals surface area contributed by atoms with Crippen molar-refractivity contribution >= 4 is 22.7 Å². The van der Waals surface area contributed by atoms with E-state index >= 15 is 0 Å². The molecule has 1 fully saturated rings. The molecule has 0 spiro atoms. The van der Waals surface area contributed by atoms with E-state index in [4.69, 9.17) is 4.74 Å². The summed E-state index contributed by atoms with van der Waals surface area (Å²) < 4.78 is 48.4. The highest BCUT2D eigenvalue weighted by atomic mass is 19.2. The minimum absolute atomic E-state index is 0.0402. The Bertz CT molecular complexity index is 924. The van der Waals surface area contributed by atoms with E-state index in [9.17, 15) is 13.2 Å². The highest BCUT2D eigenvalue weighted by molar-refractivity contribution is 5.85. The molecule has 1 aliphatic rings. The Morgan fingerprint density at radius 1 is 1.16 bits per heavy atom. The lowest BCUT2D eigenvalue weighted by Crippen LogP contribution is -2.18. The highest BCUT2D eigenvalue weighted by Crippen LogP contribution is 2.29. The Labute approximate surface area is 140 Å². The number of halogens is 3. The van der Waals surface area contributed by atoms with Crippen LogP contribution in [0.2, 0.25) is 0 Å². The SMILES string of the molecule is Fc1nc(Nc2cccc(F)c2F)c2ncn(C3CCCCO3)c2n1. The second-order valence-corrected chi connectivity index (χ2v) is 5.71. The van der Waals surface area contributed by atoms with Crippen LogP contribution in [0, 0.1) is 17.7 Å². The zero-order valence-corrected chi connectivity index (χ0v) is 13.0. The molecule has 1 aliphatic heterocycles. The van der Waals surface area contributed by atoms with E-state index in [0.717, 1.165) is 25.3 Å². The van der Waals surface area contributed by atoms with Crippen molar-refractivity contribution < 1.29 is 17.9 Å². The molecule has 1 saturated heterocycles. The van der Waals surface area contributed by atoms with E-state index in [1.165, 1.54) is 18.5 Å². The molecule has 0 radical (unpaired) electrons. The van der Waals surface area contributed by atoms with Crippen LogP contribution in [0.25, 0.3) is 11.2 Å². The highest BCUT2D eigenvalue weighted by Gasteiger charge is 2.22. The van der Waals surface area contributed by atoms with Crippen molar-refractivity contribution in [2.24, 2.45) is 0 Å². The fraction of sp³-hybridized carbons (Fsp3) is 0.312. The Balaban J connectivity index is 1.77. The molecular formula is C16H14F3N5O. The maximum Gasteiger partial charge on any atom is 0.312 e. The maximum atomic E-state index is 13.9. The van der Waals surface area contributed by atoms with Gasteiger partial charge in [-0.15, -0.1) is 0 Å². The molecule has 2 aromatic heterocycles. The lowest BCUT2D eigenvalue weighted by Gasteiger charge is -2.23. The zero-order valence-electron chi connectivity index (χ0n) is 13.0. The number of imidazole rings is 1. The van der Waals surface area contributed by atoms with E-state index in [-0.39, 0.29) is 28.9 Å². The number of ether oxygens (including phenoxy) is 1. The van der Waals surface area contributed by atoms with Crippen LogP contribution in [0.15, 0.2) is 24.5 Å². The normalized spacial score (nSPS) is 17.8. The van der Waals surface area contributed by atoms with Gasteiger partial charge < -0.3 is 10.1 Å². The zero-order chi connectivity index (χ0) is 17.4. The summed E-state index contributed by atoms with van der Waals surface area (Å²) in [5.74, 6) is -2.14. The molecule has 3 aromatic rings. The van der Waals surface area contributed by atoms with Crippen LogP contribution < -0.4 is 5.32 Å². The first-order chi connectivity index (χ1) is 12.1. The van der Waals surface area contributed by atoms with Crippen molar-refractivity contribution in [1.82, 2.24) is 19.5 Å². The number of nitrogens with zero attached hydrogens (tertiary/aromatic N) is 4. The molecule has 4 rings (SSSR count). The van der Waals surface area contributed by atoms with Gasteiger partial charge in [0.15, 0.2) is 28.6 Å². The van der Waals surface area contributed by atoms with Gasteiger partial charge in [-0.25, -0.2) is 13.8 Å². The number of aromatic nitrogens is 4. The molecule has 0 saturated carbocycles. The Kier molecular flexibility index (Phi) is 4.00. The van der Waals surface area contributed by atoms with Crippen molar-refractivity contribution in [3.05, 3.63) is 42.2 Å². The van der Waals surface area contributed by atoms with E-state index in [1.807, 2.05) is 0 Å². The number of hydrogen-bond donors (Lipinski definition) is 1. The minimum Gasteiger partial charge on any atom is -0.358 e. The second-order valence-electron chi connectivity index (χ2n) is 5.71. The quantitative estimate of drug-likeness (QED) is 0.731. The molecule has 6 nitrogen and oxygen atoms in total. The summed E-state index contributed by atoms with van der Waals surface area (Å²) in [4.78, 5) is 11.6. The van der Waals surface area contributed by atoms with Gasteiger partial charge in [-0.05, 0) is 31.4 Å². The fourth-order valence-electron chi connectivity index (χ4n) is 2.86. The topological polar surface area (TPSA) is 64.9 Å². The summed E-state index contributed by atoms with van der Waals surface area (Å²) in [6.07, 6.45) is 2.92. The largest absolute Gasteiger partial charge is 0.358 e. The number of benzene rings is 1. The van der Waals surface area contributed by atoms with Gasteiger partial charge in [-0.2, -0.15) is 14.4 Å². The first-order valence-corrected chi connectivity index (χ1v) is 7.86. The summed E-state index contributed by atoms with van der Waals surface area (Å²) in [6, 6.07) is 3.65. The Morgan fingerprint density at radius 3 is 2.84 bits per heavy atom. The maximum absolute atomic E-state index is 13.9. The van der Waals surface area contributed by atoms with Crippen molar-refractivity contribution in [2.45, 2.75) is 25.5 Å². The number of hydrogen-bond acceptors (Lipinski definition) is 5. The van der Waals surface area contributed by atoms with Crippen molar-refractivity contribution in [3.8, 4) is 0 Å². The Morgan fingerprint density at radius 2 is 2.04 bits per heavy atom. The standard InChI is InChI=1S/C16H14F3N5O/c17-9-4-3-5-10(12(9)18)21-14-13-15(23-16(19)22-14)24(8-20-13)11-6-1-2-7-25-11/h3-5,8,11H,1-2,6-7H2,(H,21,22,23). The van der Waals surface area contributed by atoms with E-state index in [0.29, 0.717) is 6.61 Å². The van der Waals surface area contributed by atoms with Gasteiger partial charge in [-0.1, -0.05) is 6.07 Å². The lowest BCUT2D eigenvalue weighted by molar-refractivity contribution is -0.0298. The van der Waals surface area contributed by atoms with Crippen LogP contribution in [0.1, 0.15) is 25.5 Å². The van der Waals surface area contributed by atoms with Crippen LogP contribution in [0.3, 0.4) is 0 Å². The summed E-state index contributed by atoms with van der Waals surface area (Å²) in [5, 5.41) is 2.59. The molecule has 130 valence electrons. The third-order valence-corrected chi connectivity index (χ3v) is 4.06. The van der Waals surface area contributed by atoms with Gasteiger partial charge in [0.25, 0.3) is 0 Å². The molecule has 9 heteroatoms. The first kappa shape index (κ1) is 15.8. The first-order valence-electron chi connectivity index (χ1n) is 7.86. The average molecular weight is 349 g/mol. The molecule has 1 aromatic carbocycles. The van der Waals surface area contributed by atoms with Gasteiger partial charge in [-0.3, -0.25) is 4.57 Å². The van der Waals surface area contributed by atoms with Crippen molar-refractivity contribution in [2.75, 3.05) is 11.9 Å². The molecule has 25 heavy (non-hydrogen) atoms. The van der Waals surface area contributed by atoms with Crippen LogP contribution in [0.5, 0.6) is 0 Å². The monoisotopic (exact) mass is 349 g/mol. The van der Waals surface area contributed by atoms with Crippen molar-refractivity contribution in [3.63, 3.8) is 0 Å². The van der Waals surface area contributed by atoms with Crippen LogP contribution in [-0.2, 0) is 4.74 Å². The third kappa shape index (κ3) is 2.91. The predicted octanol–water partition coefficient (Wildman–Crippen LogP) is 3.69. The molecule has 0 aliphatic carbocycles. The fourth-order valence-corrected chi connectivity index (χ4v) is 2.86. The van der Waals surface area contributed by atoms with Gasteiger partial charge in [0, 0.05) is 6.61 Å². The molecule has 1 atom stereocenters. The average Bonchev–Trinajstić information content (AvgIpc) is 3.03. The predicted molar refractivity (Wildman–Crippen MR) is 83.8 cm³/mol. The van der Waals surface area contributed by atoms with Crippen molar-refractivity contribution in [1.29, 1.82) is 0 Å². The van der Waals surface area contributed by atoms with Gasteiger partial charge in [0.1, 0.15) is 6.23 Å². The number of anilines is 2. The van der Waals surface area contributed by atoms with Gasteiger partial charge in [0.2, 0.25) is 0 Å². The van der Waals surface area contributed by atoms with Crippen LogP contribution in [0.4, 0.5) is 24.7 Å². The minimum atomic E-state index is -1.08. The molecule has 1 unspecified atom stereocenters. The van der Waals surface area contributed by atoms with Crippen LogP contribution >= 0.6 is 0 Å². The lowest BCUT2D eigenvalue weighted by atomic mass is 10.2. The molecule has 0 amide bonds. The van der Waals surface area contributed by atoms with E-state index < -0.39 is 17.7 Å². The molecular weight excluding hydrogens is 335 g/mol. The summed E-state index contributed by atoms with van der Waals surface area (Å²) in [5.41, 5.74) is 0.320. The third-order valence-electron chi connectivity index (χ3n) is 4.06. The number of rotatable bonds is 3. The van der Waals surface area contributed by atoms with Gasteiger partial charge >= 0.3 is 6.08 Å².